The number of hydrogen-bond acceptors (Lipinski definition) is 6. The molecule has 3 heterocycles. The van der Waals surface area contributed by atoms with E-state index >= 15 is 0 Å². The Morgan fingerprint density at radius 3 is 2.85 bits per heavy atom. The van der Waals surface area contributed by atoms with Gasteiger partial charge in [0.15, 0.2) is 0 Å². The zero-order valence-corrected chi connectivity index (χ0v) is 14.8. The zero-order chi connectivity index (χ0) is 18.2. The number of nitrogens with zero attached hydrogens (tertiary/aromatic N) is 4. The highest BCUT2D eigenvalue weighted by Crippen LogP contribution is 2.32. The van der Waals surface area contributed by atoms with Gasteiger partial charge in [-0.3, -0.25) is 9.78 Å². The number of benzene rings is 2. The van der Waals surface area contributed by atoms with Crippen LogP contribution in [0.4, 0.5) is 0 Å². The Morgan fingerprint density at radius 2 is 1.93 bits per heavy atom. The maximum absolute atomic E-state index is 10.5. The van der Waals surface area contributed by atoms with Crippen molar-refractivity contribution in [3.63, 3.8) is 0 Å². The molecule has 2 aromatic carbocycles. The average Bonchev–Trinajstić information content (AvgIpc) is 3.32. The van der Waals surface area contributed by atoms with Gasteiger partial charge in [0.2, 0.25) is 11.0 Å². The molecule has 0 saturated heterocycles. The predicted octanol–water partition coefficient (Wildman–Crippen LogP) is 4.23. The molecule has 0 saturated carbocycles. The summed E-state index contributed by atoms with van der Waals surface area (Å²) in [6, 6.07) is 18.0. The van der Waals surface area contributed by atoms with E-state index in [4.69, 9.17) is 9.84 Å². The maximum atomic E-state index is 10.5. The summed E-state index contributed by atoms with van der Waals surface area (Å²) in [4.78, 5) is 19.4. The van der Waals surface area contributed by atoms with Crippen LogP contribution >= 0.6 is 11.3 Å². The minimum absolute atomic E-state index is 0.263. The van der Waals surface area contributed by atoms with E-state index < -0.39 is 0 Å². The van der Waals surface area contributed by atoms with Gasteiger partial charge >= 0.3 is 0 Å². The number of hydrogen-bond donors (Lipinski definition) is 0. The van der Waals surface area contributed by atoms with Crippen molar-refractivity contribution in [3.05, 3.63) is 66.2 Å². The van der Waals surface area contributed by atoms with Gasteiger partial charge < -0.3 is 4.74 Å². The summed E-state index contributed by atoms with van der Waals surface area (Å²) in [6.07, 6.45) is 1.84. The lowest BCUT2D eigenvalue weighted by molar-refractivity contribution is -0.120. The van der Waals surface area contributed by atoms with Crippen molar-refractivity contribution in [1.29, 1.82) is 0 Å². The first kappa shape index (κ1) is 15.7. The molecule has 5 aromatic rings. The van der Waals surface area contributed by atoms with Crippen LogP contribution in [0.25, 0.3) is 38.2 Å². The number of ether oxygens (including phenoxy) is 1. The largest absolute Gasteiger partial charge is 0.409 e. The molecule has 0 aliphatic carbocycles. The lowest BCUT2D eigenvalue weighted by Gasteiger charge is -2.01. The van der Waals surface area contributed by atoms with Crippen molar-refractivity contribution in [1.82, 2.24) is 19.7 Å². The van der Waals surface area contributed by atoms with E-state index in [2.05, 4.69) is 16.0 Å². The van der Waals surface area contributed by atoms with Gasteiger partial charge in [-0.25, -0.2) is 4.68 Å². The van der Waals surface area contributed by atoms with Crippen molar-refractivity contribution in [2.75, 3.05) is 0 Å². The van der Waals surface area contributed by atoms with E-state index in [1.165, 1.54) is 11.3 Å². The Morgan fingerprint density at radius 1 is 1.07 bits per heavy atom. The number of carbonyl (C=O) groups excluding carboxylic acids is 1. The standard InChI is InChI=1S/C20H12N4O2S/c25-12-26-18-11-27-20(22-18)24-17-8-4-2-6-15(17)19(23-24)14-9-13-5-1-3-7-16(13)21-10-14/h1-12H. The molecule has 3 aromatic heterocycles. The second-order valence-corrected chi connectivity index (χ2v) is 6.71. The third kappa shape index (κ3) is 2.65. The molecule has 0 aliphatic heterocycles. The van der Waals surface area contributed by atoms with Gasteiger partial charge in [-0.1, -0.05) is 47.7 Å². The second-order valence-electron chi connectivity index (χ2n) is 5.88. The van der Waals surface area contributed by atoms with Crippen LogP contribution in [0.3, 0.4) is 0 Å². The molecule has 0 aliphatic rings. The first-order valence-corrected chi connectivity index (χ1v) is 9.10. The van der Waals surface area contributed by atoms with Crippen molar-refractivity contribution in [3.8, 4) is 22.3 Å². The highest BCUT2D eigenvalue weighted by Gasteiger charge is 2.16. The van der Waals surface area contributed by atoms with Crippen molar-refractivity contribution in [2.24, 2.45) is 0 Å². The van der Waals surface area contributed by atoms with Crippen LogP contribution in [0.2, 0.25) is 0 Å². The Bertz CT molecular complexity index is 1290. The Balaban J connectivity index is 1.71. The fraction of sp³-hybridized carbons (Fsp3) is 0. The van der Waals surface area contributed by atoms with E-state index in [1.54, 1.807) is 10.1 Å². The molecule has 7 heteroatoms. The third-order valence-corrected chi connectivity index (χ3v) is 5.07. The fourth-order valence-corrected chi connectivity index (χ4v) is 3.77. The average molecular weight is 372 g/mol. The summed E-state index contributed by atoms with van der Waals surface area (Å²) in [7, 11) is 0. The molecule has 5 rings (SSSR count). The normalized spacial score (nSPS) is 11.1. The molecule has 27 heavy (non-hydrogen) atoms. The van der Waals surface area contributed by atoms with Gasteiger partial charge in [-0.15, -0.1) is 0 Å². The molecule has 0 N–H and O–H groups in total. The Labute approximate surface area is 157 Å². The predicted molar refractivity (Wildman–Crippen MR) is 104 cm³/mol. The fourth-order valence-electron chi connectivity index (χ4n) is 3.08. The molecular formula is C20H12N4O2S. The van der Waals surface area contributed by atoms with Crippen LogP contribution in [0.5, 0.6) is 5.88 Å². The van der Waals surface area contributed by atoms with E-state index in [0.29, 0.717) is 11.6 Å². The molecule has 6 nitrogen and oxygen atoms in total. The number of thiazole rings is 1. The molecule has 0 radical (unpaired) electrons. The molecule has 0 fully saturated rings. The minimum atomic E-state index is 0.263. The van der Waals surface area contributed by atoms with Crippen molar-refractivity contribution >= 4 is 39.6 Å². The van der Waals surface area contributed by atoms with Gasteiger partial charge in [0.1, 0.15) is 5.69 Å². The van der Waals surface area contributed by atoms with Gasteiger partial charge in [0.05, 0.1) is 16.4 Å². The number of carbonyl (C=O) groups is 1. The second kappa shape index (κ2) is 6.30. The third-order valence-electron chi connectivity index (χ3n) is 4.27. The molecular weight excluding hydrogens is 360 g/mol. The topological polar surface area (TPSA) is 69.9 Å². The highest BCUT2D eigenvalue weighted by molar-refractivity contribution is 7.12. The van der Waals surface area contributed by atoms with Gasteiger partial charge in [0, 0.05) is 22.5 Å². The Kier molecular flexibility index (Phi) is 3.65. The molecule has 0 unspecified atom stereocenters. The number of rotatable bonds is 4. The number of fused-ring (bicyclic) bond motifs is 2. The SMILES string of the molecule is O=COc1csc(-n2nc(-c3cnc4ccccc4c3)c3ccccc32)n1. The zero-order valence-electron chi connectivity index (χ0n) is 13.9. The quantitative estimate of drug-likeness (QED) is 0.442. The number of para-hydroxylation sites is 2. The van der Waals surface area contributed by atoms with E-state index in [1.807, 2.05) is 54.7 Å². The summed E-state index contributed by atoms with van der Waals surface area (Å²) >= 11 is 1.36. The number of pyridine rings is 1. The van der Waals surface area contributed by atoms with Crippen LogP contribution in [-0.2, 0) is 4.79 Å². The monoisotopic (exact) mass is 372 g/mol. The molecule has 0 bridgehead atoms. The van der Waals surface area contributed by atoms with Crippen LogP contribution < -0.4 is 4.74 Å². The molecule has 0 amide bonds. The number of aromatic nitrogens is 4. The smallest absolute Gasteiger partial charge is 0.299 e. The van der Waals surface area contributed by atoms with Gasteiger partial charge in [-0.2, -0.15) is 10.1 Å². The minimum Gasteiger partial charge on any atom is -0.409 e. The highest BCUT2D eigenvalue weighted by atomic mass is 32.1. The van der Waals surface area contributed by atoms with Crippen molar-refractivity contribution in [2.45, 2.75) is 0 Å². The summed E-state index contributed by atoms with van der Waals surface area (Å²) in [6.45, 7) is 0.367. The van der Waals surface area contributed by atoms with Crippen molar-refractivity contribution < 1.29 is 9.53 Å². The van der Waals surface area contributed by atoms with Gasteiger partial charge in [0.25, 0.3) is 6.47 Å². The van der Waals surface area contributed by atoms with E-state index in [0.717, 1.165) is 33.1 Å². The summed E-state index contributed by atoms with van der Waals surface area (Å²) in [5, 5.41) is 9.16. The lowest BCUT2D eigenvalue weighted by Crippen LogP contribution is -1.96. The Hall–Kier alpha value is -3.58. The van der Waals surface area contributed by atoms with Crippen LogP contribution in [0.15, 0.2) is 66.2 Å². The summed E-state index contributed by atoms with van der Waals surface area (Å²) in [5.74, 6) is 0.263. The van der Waals surface area contributed by atoms with Gasteiger partial charge in [-0.05, 0) is 18.2 Å². The first-order valence-electron chi connectivity index (χ1n) is 8.22. The maximum Gasteiger partial charge on any atom is 0.299 e. The van der Waals surface area contributed by atoms with E-state index in [-0.39, 0.29) is 5.88 Å². The van der Waals surface area contributed by atoms with Crippen LogP contribution in [0.1, 0.15) is 0 Å². The summed E-state index contributed by atoms with van der Waals surface area (Å²) in [5.41, 5.74) is 3.63. The van der Waals surface area contributed by atoms with E-state index in [9.17, 15) is 4.79 Å². The van der Waals surface area contributed by atoms with Crippen LogP contribution in [0, 0.1) is 0 Å². The first-order chi connectivity index (χ1) is 13.3. The molecule has 0 spiro atoms. The molecule has 130 valence electrons. The van der Waals surface area contributed by atoms with Crippen LogP contribution in [-0.4, -0.2) is 26.2 Å². The summed E-state index contributed by atoms with van der Waals surface area (Å²) < 4.78 is 6.59. The lowest BCUT2D eigenvalue weighted by atomic mass is 10.1. The molecule has 0 atom stereocenters.